The molecular weight excluding hydrogens is 376 g/mol. The summed E-state index contributed by atoms with van der Waals surface area (Å²) < 4.78 is 32.9. The summed E-state index contributed by atoms with van der Waals surface area (Å²) in [6.45, 7) is 3.84. The second-order valence-corrected chi connectivity index (χ2v) is 8.39. The molecule has 1 N–H and O–H groups in total. The molecule has 1 aliphatic rings. The van der Waals surface area contributed by atoms with Gasteiger partial charge in [0, 0.05) is 17.3 Å². The van der Waals surface area contributed by atoms with Gasteiger partial charge in [-0.05, 0) is 55.3 Å². The topological polar surface area (TPSA) is 75.7 Å². The Hall–Kier alpha value is -2.09. The maximum absolute atomic E-state index is 12.6. The summed E-state index contributed by atoms with van der Waals surface area (Å²) >= 11 is 5.85. The Kier molecular flexibility index (Phi) is 5.22. The SMILES string of the molecule is Cc1ccc(C)c(S(=O)(=O)NCC2CN(c3ccc(Cl)cc3)C(=O)O2)c1. The Morgan fingerprint density at radius 1 is 1.19 bits per heavy atom. The van der Waals surface area contributed by atoms with Gasteiger partial charge in [-0.3, -0.25) is 4.90 Å². The van der Waals surface area contributed by atoms with E-state index in [0.717, 1.165) is 5.56 Å². The molecule has 6 nitrogen and oxygen atoms in total. The van der Waals surface area contributed by atoms with Gasteiger partial charge in [0.15, 0.2) is 0 Å². The molecule has 1 fully saturated rings. The molecule has 1 atom stereocenters. The number of carbonyl (C=O) groups excluding carboxylic acids is 1. The second kappa shape index (κ2) is 7.26. The first-order valence-corrected chi connectivity index (χ1v) is 9.93. The lowest BCUT2D eigenvalue weighted by Crippen LogP contribution is -2.35. The van der Waals surface area contributed by atoms with Gasteiger partial charge in [0.05, 0.1) is 11.4 Å². The Morgan fingerprint density at radius 3 is 2.58 bits per heavy atom. The first-order chi connectivity index (χ1) is 12.3. The van der Waals surface area contributed by atoms with Crippen LogP contribution in [0.5, 0.6) is 0 Å². The van der Waals surface area contributed by atoms with Gasteiger partial charge in [-0.2, -0.15) is 0 Å². The van der Waals surface area contributed by atoms with Crippen LogP contribution < -0.4 is 9.62 Å². The van der Waals surface area contributed by atoms with Crippen molar-refractivity contribution in [3.63, 3.8) is 0 Å². The lowest BCUT2D eigenvalue weighted by Gasteiger charge is -2.14. The molecule has 1 heterocycles. The number of cyclic esters (lactones) is 1. The number of anilines is 1. The van der Waals surface area contributed by atoms with Gasteiger partial charge in [-0.1, -0.05) is 23.7 Å². The zero-order chi connectivity index (χ0) is 18.9. The second-order valence-electron chi connectivity index (χ2n) is 6.21. The van der Waals surface area contributed by atoms with E-state index < -0.39 is 22.2 Å². The number of carbonyl (C=O) groups is 1. The van der Waals surface area contributed by atoms with E-state index in [1.807, 2.05) is 13.0 Å². The molecule has 138 valence electrons. The lowest BCUT2D eigenvalue weighted by molar-refractivity contribution is 0.143. The molecule has 1 saturated heterocycles. The van der Waals surface area contributed by atoms with Crippen molar-refractivity contribution in [2.45, 2.75) is 24.8 Å². The summed E-state index contributed by atoms with van der Waals surface area (Å²) in [5.74, 6) is 0. The third-order valence-electron chi connectivity index (χ3n) is 4.15. The fourth-order valence-corrected chi connectivity index (χ4v) is 4.26. The minimum atomic E-state index is -3.68. The summed E-state index contributed by atoms with van der Waals surface area (Å²) in [7, 11) is -3.68. The van der Waals surface area contributed by atoms with Crippen LogP contribution in [0.3, 0.4) is 0 Å². The number of aryl methyl sites for hydroxylation is 2. The number of benzene rings is 2. The summed E-state index contributed by atoms with van der Waals surface area (Å²) in [5, 5.41) is 0.569. The average molecular weight is 395 g/mol. The summed E-state index contributed by atoms with van der Waals surface area (Å²) in [6.07, 6.45) is -1.08. The minimum absolute atomic E-state index is 0.00550. The molecule has 3 rings (SSSR count). The van der Waals surface area contributed by atoms with Crippen molar-refractivity contribution in [2.24, 2.45) is 0 Å². The van der Waals surface area contributed by atoms with Crippen LogP contribution in [0, 0.1) is 13.8 Å². The highest BCUT2D eigenvalue weighted by atomic mass is 35.5. The van der Waals surface area contributed by atoms with Gasteiger partial charge in [0.25, 0.3) is 0 Å². The smallest absolute Gasteiger partial charge is 0.414 e. The zero-order valence-corrected chi connectivity index (χ0v) is 16.0. The fourth-order valence-electron chi connectivity index (χ4n) is 2.74. The standard InChI is InChI=1S/C18H19ClN2O4S/c1-12-3-4-13(2)17(9-12)26(23,24)20-10-16-11-21(18(22)25-16)15-7-5-14(19)6-8-15/h3-9,16,20H,10-11H2,1-2H3. The third-order valence-corrected chi connectivity index (χ3v) is 5.96. The highest BCUT2D eigenvalue weighted by molar-refractivity contribution is 7.89. The zero-order valence-electron chi connectivity index (χ0n) is 14.4. The van der Waals surface area contributed by atoms with E-state index in [9.17, 15) is 13.2 Å². The van der Waals surface area contributed by atoms with Gasteiger partial charge in [-0.25, -0.2) is 17.9 Å². The predicted molar refractivity (Wildman–Crippen MR) is 100 cm³/mol. The number of nitrogens with zero attached hydrogens (tertiary/aromatic N) is 1. The molecule has 1 amide bonds. The van der Waals surface area contributed by atoms with Crippen LogP contribution in [-0.4, -0.2) is 33.7 Å². The summed E-state index contributed by atoms with van der Waals surface area (Å²) in [5.41, 5.74) is 2.17. The molecule has 0 saturated carbocycles. The third kappa shape index (κ3) is 4.00. The van der Waals surface area contributed by atoms with E-state index >= 15 is 0 Å². The van der Waals surface area contributed by atoms with Crippen molar-refractivity contribution in [3.05, 3.63) is 58.6 Å². The largest absolute Gasteiger partial charge is 0.443 e. The summed E-state index contributed by atoms with van der Waals surface area (Å²) in [4.78, 5) is 13.7. The lowest BCUT2D eigenvalue weighted by atomic mass is 10.2. The predicted octanol–water partition coefficient (Wildman–Crippen LogP) is 3.26. The van der Waals surface area contributed by atoms with E-state index in [2.05, 4.69) is 4.72 Å². The maximum Gasteiger partial charge on any atom is 0.414 e. The summed E-state index contributed by atoms with van der Waals surface area (Å²) in [6, 6.07) is 12.0. The monoisotopic (exact) mass is 394 g/mol. The number of halogens is 1. The van der Waals surface area contributed by atoms with Gasteiger partial charge in [0.1, 0.15) is 6.10 Å². The van der Waals surface area contributed by atoms with E-state index in [0.29, 0.717) is 16.3 Å². The molecule has 8 heteroatoms. The first-order valence-electron chi connectivity index (χ1n) is 8.07. The van der Waals surface area contributed by atoms with E-state index in [1.54, 1.807) is 43.3 Å². The van der Waals surface area contributed by atoms with Crippen LogP contribution in [0.1, 0.15) is 11.1 Å². The number of rotatable bonds is 5. The van der Waals surface area contributed by atoms with Crippen LogP contribution in [0.4, 0.5) is 10.5 Å². The van der Waals surface area contributed by atoms with E-state index in [4.69, 9.17) is 16.3 Å². The van der Waals surface area contributed by atoms with Gasteiger partial charge < -0.3 is 4.74 Å². The van der Waals surface area contributed by atoms with Crippen molar-refractivity contribution in [1.82, 2.24) is 4.72 Å². The molecule has 1 unspecified atom stereocenters. The average Bonchev–Trinajstić information content (AvgIpc) is 2.97. The Balaban J connectivity index is 1.68. The maximum atomic E-state index is 12.6. The van der Waals surface area contributed by atoms with Crippen LogP contribution in [0.25, 0.3) is 0 Å². The molecule has 0 spiro atoms. The molecule has 0 aliphatic carbocycles. The fraction of sp³-hybridized carbons (Fsp3) is 0.278. The molecule has 1 aliphatic heterocycles. The van der Waals surface area contributed by atoms with E-state index in [-0.39, 0.29) is 18.0 Å². The van der Waals surface area contributed by atoms with Crippen LogP contribution in [-0.2, 0) is 14.8 Å². The number of hydrogen-bond acceptors (Lipinski definition) is 4. The van der Waals surface area contributed by atoms with Gasteiger partial charge >= 0.3 is 6.09 Å². The number of ether oxygens (including phenoxy) is 1. The molecule has 2 aromatic rings. The molecule has 26 heavy (non-hydrogen) atoms. The van der Waals surface area contributed by atoms with Crippen LogP contribution >= 0.6 is 11.6 Å². The molecular formula is C18H19ClN2O4S. The van der Waals surface area contributed by atoms with Gasteiger partial charge in [-0.15, -0.1) is 0 Å². The van der Waals surface area contributed by atoms with E-state index in [1.165, 1.54) is 4.90 Å². The normalized spacial score (nSPS) is 17.4. The highest BCUT2D eigenvalue weighted by Gasteiger charge is 2.33. The molecule has 2 aromatic carbocycles. The van der Waals surface area contributed by atoms with Crippen LogP contribution in [0.2, 0.25) is 5.02 Å². The van der Waals surface area contributed by atoms with Crippen LogP contribution in [0.15, 0.2) is 47.4 Å². The Bertz CT molecular complexity index is 929. The number of nitrogens with one attached hydrogen (secondary N) is 1. The first kappa shape index (κ1) is 18.7. The Morgan fingerprint density at radius 2 is 1.88 bits per heavy atom. The van der Waals surface area contributed by atoms with Crippen molar-refractivity contribution < 1.29 is 17.9 Å². The van der Waals surface area contributed by atoms with Crippen molar-refractivity contribution in [1.29, 1.82) is 0 Å². The molecule has 0 radical (unpaired) electrons. The van der Waals surface area contributed by atoms with Gasteiger partial charge in [0.2, 0.25) is 10.0 Å². The quantitative estimate of drug-likeness (QED) is 0.844. The Labute approximate surface area is 157 Å². The van der Waals surface area contributed by atoms with Crippen molar-refractivity contribution >= 4 is 33.4 Å². The number of sulfonamides is 1. The highest BCUT2D eigenvalue weighted by Crippen LogP contribution is 2.23. The molecule has 0 bridgehead atoms. The van der Waals surface area contributed by atoms with Crippen molar-refractivity contribution in [2.75, 3.05) is 18.0 Å². The minimum Gasteiger partial charge on any atom is -0.443 e. The number of amides is 1. The molecule has 0 aromatic heterocycles. The van der Waals surface area contributed by atoms with Crippen molar-refractivity contribution in [3.8, 4) is 0 Å². The number of hydrogen-bond donors (Lipinski definition) is 1.